The molecule has 1 N–H and O–H groups in total. The second-order valence-electron chi connectivity index (χ2n) is 7.92. The fourth-order valence-electron chi connectivity index (χ4n) is 3.65. The number of nitrogens with one attached hydrogen (secondary N) is 1. The Bertz CT molecular complexity index is 1260. The molecule has 3 aromatic rings. The first kappa shape index (κ1) is 22.4. The van der Waals surface area contributed by atoms with E-state index in [0.717, 1.165) is 16.7 Å². The van der Waals surface area contributed by atoms with E-state index in [-0.39, 0.29) is 11.5 Å². The van der Waals surface area contributed by atoms with Crippen molar-refractivity contribution >= 4 is 35.0 Å². The Morgan fingerprint density at radius 3 is 2.39 bits per heavy atom. The van der Waals surface area contributed by atoms with Gasteiger partial charge in [-0.1, -0.05) is 71.9 Å². The lowest BCUT2D eigenvalue weighted by atomic mass is 10.1. The molecule has 1 saturated heterocycles. The van der Waals surface area contributed by atoms with Crippen molar-refractivity contribution in [3.8, 4) is 6.07 Å². The van der Waals surface area contributed by atoms with Crippen LogP contribution in [0.5, 0.6) is 0 Å². The standard InChI is InChI=1S/C27H23N3O2S/c1-18-11-13-20(14-12-18)16-24-26(32)30(22-9-4-3-5-10-22)27(33-24)23(17-28)25(31)29-21-8-6-7-19(2)15-21/h3-15,24H,16H2,1-2H3,(H,29,31)/b27-23-. The van der Waals surface area contributed by atoms with Crippen LogP contribution in [0, 0.1) is 25.2 Å². The van der Waals surface area contributed by atoms with Gasteiger partial charge < -0.3 is 5.32 Å². The molecule has 0 radical (unpaired) electrons. The molecular formula is C27H23N3O2S. The molecule has 1 aliphatic heterocycles. The van der Waals surface area contributed by atoms with E-state index in [1.54, 1.807) is 18.2 Å². The summed E-state index contributed by atoms with van der Waals surface area (Å²) in [6, 6.07) is 26.6. The van der Waals surface area contributed by atoms with Crippen molar-refractivity contribution in [2.24, 2.45) is 0 Å². The summed E-state index contributed by atoms with van der Waals surface area (Å²) in [5.74, 6) is -0.673. The van der Waals surface area contributed by atoms with Crippen LogP contribution in [0.3, 0.4) is 0 Å². The summed E-state index contributed by atoms with van der Waals surface area (Å²) < 4.78 is 0. The molecule has 0 aromatic heterocycles. The van der Waals surface area contributed by atoms with Crippen LogP contribution in [-0.4, -0.2) is 17.1 Å². The van der Waals surface area contributed by atoms with E-state index in [4.69, 9.17) is 0 Å². The fraction of sp³-hybridized carbons (Fsp3) is 0.148. The van der Waals surface area contributed by atoms with Crippen molar-refractivity contribution < 1.29 is 9.59 Å². The monoisotopic (exact) mass is 453 g/mol. The third-order valence-corrected chi connectivity index (χ3v) is 6.60. The fourth-order valence-corrected chi connectivity index (χ4v) is 4.96. The molecule has 1 atom stereocenters. The average molecular weight is 454 g/mol. The molecule has 4 rings (SSSR count). The summed E-state index contributed by atoms with van der Waals surface area (Å²) in [7, 11) is 0. The highest BCUT2D eigenvalue weighted by molar-refractivity contribution is 8.05. The molecule has 1 aliphatic rings. The number of benzene rings is 3. The highest BCUT2D eigenvalue weighted by Crippen LogP contribution is 2.42. The van der Waals surface area contributed by atoms with Crippen molar-refractivity contribution in [2.45, 2.75) is 25.5 Å². The summed E-state index contributed by atoms with van der Waals surface area (Å²) in [5, 5.41) is 12.6. The minimum atomic E-state index is -0.532. The van der Waals surface area contributed by atoms with Crippen molar-refractivity contribution in [3.05, 3.63) is 106 Å². The second-order valence-corrected chi connectivity index (χ2v) is 9.11. The number of rotatable bonds is 5. The summed E-state index contributed by atoms with van der Waals surface area (Å²) >= 11 is 1.27. The van der Waals surface area contributed by atoms with Crippen molar-refractivity contribution in [1.29, 1.82) is 5.26 Å². The van der Waals surface area contributed by atoms with Crippen molar-refractivity contribution in [3.63, 3.8) is 0 Å². The van der Waals surface area contributed by atoms with Crippen LogP contribution in [-0.2, 0) is 16.0 Å². The second kappa shape index (κ2) is 9.76. The summed E-state index contributed by atoms with van der Waals surface area (Å²) in [4.78, 5) is 28.0. The van der Waals surface area contributed by atoms with Crippen LogP contribution in [0.25, 0.3) is 0 Å². The highest BCUT2D eigenvalue weighted by Gasteiger charge is 2.40. The SMILES string of the molecule is Cc1ccc(CC2S/C(=C(/C#N)C(=O)Nc3cccc(C)c3)N(c3ccccc3)C2=O)cc1. The molecule has 5 nitrogen and oxygen atoms in total. The van der Waals surface area contributed by atoms with Gasteiger partial charge in [0.2, 0.25) is 5.91 Å². The number of carbonyl (C=O) groups is 2. The topological polar surface area (TPSA) is 73.2 Å². The van der Waals surface area contributed by atoms with Gasteiger partial charge in [0.25, 0.3) is 5.91 Å². The minimum Gasteiger partial charge on any atom is -0.321 e. The Morgan fingerprint density at radius 1 is 1.00 bits per heavy atom. The zero-order chi connectivity index (χ0) is 23.4. The largest absolute Gasteiger partial charge is 0.321 e. The molecule has 2 amide bonds. The molecule has 3 aromatic carbocycles. The van der Waals surface area contributed by atoms with Crippen LogP contribution < -0.4 is 10.2 Å². The van der Waals surface area contributed by atoms with E-state index in [1.165, 1.54) is 16.7 Å². The first-order chi connectivity index (χ1) is 16.0. The first-order valence-electron chi connectivity index (χ1n) is 10.6. The molecule has 0 saturated carbocycles. The van der Waals surface area contributed by atoms with Gasteiger partial charge in [0.1, 0.15) is 16.7 Å². The minimum absolute atomic E-state index is 0.0786. The zero-order valence-electron chi connectivity index (χ0n) is 18.4. The lowest BCUT2D eigenvalue weighted by Gasteiger charge is -2.18. The van der Waals surface area contributed by atoms with E-state index >= 15 is 0 Å². The van der Waals surface area contributed by atoms with Gasteiger partial charge in [-0.05, 0) is 55.7 Å². The normalized spacial score (nSPS) is 16.9. The quantitative estimate of drug-likeness (QED) is 0.416. The number of nitriles is 1. The van der Waals surface area contributed by atoms with Gasteiger partial charge in [0.15, 0.2) is 0 Å². The maximum atomic E-state index is 13.5. The maximum absolute atomic E-state index is 13.5. The van der Waals surface area contributed by atoms with Gasteiger partial charge in [-0.25, -0.2) is 0 Å². The van der Waals surface area contributed by atoms with Gasteiger partial charge in [-0.3, -0.25) is 14.5 Å². The maximum Gasteiger partial charge on any atom is 0.269 e. The number of aryl methyl sites for hydroxylation is 2. The third-order valence-electron chi connectivity index (χ3n) is 5.34. The molecule has 33 heavy (non-hydrogen) atoms. The molecule has 6 heteroatoms. The first-order valence-corrected chi connectivity index (χ1v) is 11.5. The van der Waals surface area contributed by atoms with E-state index in [0.29, 0.717) is 22.8 Å². The van der Waals surface area contributed by atoms with Gasteiger partial charge >= 0.3 is 0 Å². The molecule has 0 aliphatic carbocycles. The van der Waals surface area contributed by atoms with Crippen LogP contribution in [0.4, 0.5) is 11.4 Å². The smallest absolute Gasteiger partial charge is 0.269 e. The van der Waals surface area contributed by atoms with Gasteiger partial charge in [-0.2, -0.15) is 5.26 Å². The van der Waals surface area contributed by atoms with Crippen LogP contribution in [0.15, 0.2) is 89.5 Å². The van der Waals surface area contributed by atoms with Gasteiger partial charge in [-0.15, -0.1) is 0 Å². The number of anilines is 2. The van der Waals surface area contributed by atoms with Crippen LogP contribution in [0.2, 0.25) is 0 Å². The molecule has 1 fully saturated rings. The highest BCUT2D eigenvalue weighted by atomic mass is 32.2. The number of thioether (sulfide) groups is 1. The number of hydrogen-bond donors (Lipinski definition) is 1. The molecule has 1 unspecified atom stereocenters. The zero-order valence-corrected chi connectivity index (χ0v) is 19.2. The van der Waals surface area contributed by atoms with E-state index in [1.807, 2.05) is 80.6 Å². The lowest BCUT2D eigenvalue weighted by molar-refractivity contribution is -0.117. The molecule has 0 spiro atoms. The molecule has 164 valence electrons. The number of carbonyl (C=O) groups excluding carboxylic acids is 2. The lowest BCUT2D eigenvalue weighted by Crippen LogP contribution is -2.30. The predicted molar refractivity (Wildman–Crippen MR) is 133 cm³/mol. The number of amides is 2. The molecule has 1 heterocycles. The predicted octanol–water partition coefficient (Wildman–Crippen LogP) is 5.37. The Kier molecular flexibility index (Phi) is 6.62. The van der Waals surface area contributed by atoms with Gasteiger partial charge in [0.05, 0.1) is 5.25 Å². The Hall–Kier alpha value is -3.82. The van der Waals surface area contributed by atoms with E-state index < -0.39 is 11.2 Å². The Balaban J connectivity index is 1.71. The van der Waals surface area contributed by atoms with Crippen LogP contribution in [0.1, 0.15) is 16.7 Å². The number of hydrogen-bond acceptors (Lipinski definition) is 4. The number of nitrogens with zero attached hydrogens (tertiary/aromatic N) is 2. The summed E-state index contributed by atoms with van der Waals surface area (Å²) in [6.45, 7) is 3.95. The third kappa shape index (κ3) is 5.00. The molecule has 0 bridgehead atoms. The number of para-hydroxylation sites is 1. The van der Waals surface area contributed by atoms with E-state index in [9.17, 15) is 14.9 Å². The average Bonchev–Trinajstić information content (AvgIpc) is 3.12. The van der Waals surface area contributed by atoms with Crippen molar-refractivity contribution in [1.82, 2.24) is 0 Å². The van der Waals surface area contributed by atoms with Crippen molar-refractivity contribution in [2.75, 3.05) is 10.2 Å². The Labute approximate surface area is 197 Å². The molecular weight excluding hydrogens is 430 g/mol. The summed E-state index contributed by atoms with van der Waals surface area (Å²) in [5.41, 5.74) is 4.33. The Morgan fingerprint density at radius 2 is 1.73 bits per heavy atom. The van der Waals surface area contributed by atoms with Crippen LogP contribution >= 0.6 is 11.8 Å². The summed E-state index contributed by atoms with van der Waals surface area (Å²) in [6.07, 6.45) is 0.509. The van der Waals surface area contributed by atoms with E-state index in [2.05, 4.69) is 5.32 Å². The van der Waals surface area contributed by atoms with Gasteiger partial charge in [0, 0.05) is 11.4 Å².